The molecule has 0 unspecified atom stereocenters. The first-order chi connectivity index (χ1) is 7.84. The summed E-state index contributed by atoms with van der Waals surface area (Å²) in [5.41, 5.74) is 1.99. The lowest BCUT2D eigenvalue weighted by Crippen LogP contribution is -2.15. The van der Waals surface area contributed by atoms with Crippen LogP contribution in [0.3, 0.4) is 0 Å². The van der Waals surface area contributed by atoms with Gasteiger partial charge in [0.2, 0.25) is 0 Å². The van der Waals surface area contributed by atoms with E-state index in [1.165, 1.54) is 0 Å². The molecule has 17 heavy (non-hydrogen) atoms. The lowest BCUT2D eigenvalue weighted by Gasteiger charge is -2.16. The molecule has 0 aromatic heterocycles. The molecular weight excluding hydrogens is 244 g/mol. The zero-order chi connectivity index (χ0) is 13.5. The number of hydrogen-bond donors (Lipinski definition) is 0. The zero-order valence-electron chi connectivity index (χ0n) is 11.1. The third-order valence-electron chi connectivity index (χ3n) is 2.48. The molecule has 0 radical (unpaired) electrons. The van der Waals surface area contributed by atoms with Crippen molar-refractivity contribution in [2.45, 2.75) is 33.0 Å². The number of ether oxygens (including phenoxy) is 2. The highest BCUT2D eigenvalue weighted by molar-refractivity contribution is 7.85. The molecule has 0 spiro atoms. The van der Waals surface area contributed by atoms with Gasteiger partial charge < -0.3 is 9.47 Å². The predicted molar refractivity (Wildman–Crippen MR) is 66.2 cm³/mol. The molecule has 0 atom stereocenters. The molecule has 0 bridgehead atoms. The Balaban J connectivity index is 4.58. The van der Waals surface area contributed by atoms with E-state index in [9.17, 15) is 8.42 Å². The maximum atomic E-state index is 10.9. The summed E-state index contributed by atoms with van der Waals surface area (Å²) in [6.07, 6.45) is 2.07. The van der Waals surface area contributed by atoms with Crippen LogP contribution in [0.15, 0.2) is 11.1 Å². The quantitative estimate of drug-likeness (QED) is 0.380. The van der Waals surface area contributed by atoms with E-state index in [-0.39, 0.29) is 12.9 Å². The van der Waals surface area contributed by atoms with Crippen molar-refractivity contribution in [1.82, 2.24) is 0 Å². The van der Waals surface area contributed by atoms with E-state index in [2.05, 4.69) is 0 Å². The minimum absolute atomic E-state index is 0.0985. The highest BCUT2D eigenvalue weighted by atomic mass is 32.2. The van der Waals surface area contributed by atoms with Gasteiger partial charge in [-0.3, -0.25) is 4.18 Å². The summed E-state index contributed by atoms with van der Waals surface area (Å²) in [5.74, 6) is 0. The molecule has 0 saturated carbocycles. The zero-order valence-corrected chi connectivity index (χ0v) is 12.0. The van der Waals surface area contributed by atoms with E-state index in [1.807, 2.05) is 13.8 Å². The van der Waals surface area contributed by atoms with Gasteiger partial charge >= 0.3 is 0 Å². The van der Waals surface area contributed by atoms with Gasteiger partial charge in [-0.1, -0.05) is 12.5 Å². The molecule has 0 rings (SSSR count). The van der Waals surface area contributed by atoms with E-state index in [1.54, 1.807) is 14.2 Å². The maximum Gasteiger partial charge on any atom is 0.264 e. The average Bonchev–Trinajstić information content (AvgIpc) is 2.25. The van der Waals surface area contributed by atoms with Gasteiger partial charge in [-0.2, -0.15) is 8.42 Å². The molecule has 102 valence electrons. The second-order valence-electron chi connectivity index (χ2n) is 3.81. The van der Waals surface area contributed by atoms with Crippen molar-refractivity contribution in [3.63, 3.8) is 0 Å². The van der Waals surface area contributed by atoms with Gasteiger partial charge in [-0.25, -0.2) is 0 Å². The van der Waals surface area contributed by atoms with Crippen molar-refractivity contribution in [1.29, 1.82) is 0 Å². The Morgan fingerprint density at radius 3 is 2.12 bits per heavy atom. The predicted octanol–water partition coefficient (Wildman–Crippen LogP) is 1.70. The largest absolute Gasteiger partial charge is 0.356 e. The third kappa shape index (κ3) is 7.49. The highest BCUT2D eigenvalue weighted by Gasteiger charge is 2.11. The monoisotopic (exact) mass is 266 g/mol. The molecule has 0 aliphatic heterocycles. The summed E-state index contributed by atoms with van der Waals surface area (Å²) in [5, 5.41) is 0. The summed E-state index contributed by atoms with van der Waals surface area (Å²) >= 11 is 0. The van der Waals surface area contributed by atoms with Crippen molar-refractivity contribution in [2.75, 3.05) is 27.1 Å². The van der Waals surface area contributed by atoms with Gasteiger partial charge in [-0.05, 0) is 18.9 Å². The van der Waals surface area contributed by atoms with Crippen LogP contribution in [-0.2, 0) is 23.8 Å². The molecule has 0 aromatic rings. The van der Waals surface area contributed by atoms with Crippen LogP contribution in [0, 0.1) is 0 Å². The van der Waals surface area contributed by atoms with E-state index in [4.69, 9.17) is 13.7 Å². The molecule has 0 aromatic carbocycles. The Morgan fingerprint density at radius 1 is 1.24 bits per heavy atom. The summed E-state index contributed by atoms with van der Waals surface area (Å²) in [6, 6.07) is 0. The number of methoxy groups -OCH3 is 2. The summed E-state index contributed by atoms with van der Waals surface area (Å²) in [6.45, 7) is 3.98. The van der Waals surface area contributed by atoms with Crippen LogP contribution in [-0.4, -0.2) is 41.8 Å². The van der Waals surface area contributed by atoms with Crippen molar-refractivity contribution < 1.29 is 22.1 Å². The molecule has 0 amide bonds. The lowest BCUT2D eigenvalue weighted by molar-refractivity contribution is -0.100. The van der Waals surface area contributed by atoms with Crippen molar-refractivity contribution in [2.24, 2.45) is 0 Å². The van der Waals surface area contributed by atoms with E-state index in [0.29, 0.717) is 6.42 Å². The number of rotatable bonds is 8. The SMILES string of the molecule is CC/C(COS(C)(=O)=O)=C(\C)CC(OC)OC. The molecule has 0 saturated heterocycles. The van der Waals surface area contributed by atoms with Crippen LogP contribution >= 0.6 is 0 Å². The molecule has 0 aliphatic carbocycles. The summed E-state index contributed by atoms with van der Waals surface area (Å²) < 4.78 is 36.8. The van der Waals surface area contributed by atoms with Crippen LogP contribution in [0.4, 0.5) is 0 Å². The van der Waals surface area contributed by atoms with Crippen LogP contribution in [0.2, 0.25) is 0 Å². The van der Waals surface area contributed by atoms with Crippen LogP contribution in [0.25, 0.3) is 0 Å². The first-order valence-electron chi connectivity index (χ1n) is 5.41. The van der Waals surface area contributed by atoms with Gasteiger partial charge in [0.1, 0.15) is 0 Å². The second kappa shape index (κ2) is 7.81. The average molecular weight is 266 g/mol. The van der Waals surface area contributed by atoms with Crippen molar-refractivity contribution >= 4 is 10.1 Å². The van der Waals surface area contributed by atoms with Gasteiger partial charge in [-0.15, -0.1) is 0 Å². The van der Waals surface area contributed by atoms with Crippen molar-refractivity contribution in [3.8, 4) is 0 Å². The topological polar surface area (TPSA) is 61.8 Å². The molecule has 6 heteroatoms. The van der Waals surface area contributed by atoms with Crippen molar-refractivity contribution in [3.05, 3.63) is 11.1 Å². The number of hydrogen-bond acceptors (Lipinski definition) is 5. The lowest BCUT2D eigenvalue weighted by atomic mass is 10.1. The third-order valence-corrected chi connectivity index (χ3v) is 3.02. The van der Waals surface area contributed by atoms with E-state index < -0.39 is 10.1 Å². The minimum atomic E-state index is -3.40. The van der Waals surface area contributed by atoms with Gasteiger partial charge in [0.25, 0.3) is 10.1 Å². The van der Waals surface area contributed by atoms with Crippen LogP contribution in [0.1, 0.15) is 26.7 Å². The maximum absolute atomic E-state index is 10.9. The van der Waals surface area contributed by atoms with Gasteiger partial charge in [0.15, 0.2) is 6.29 Å². The van der Waals surface area contributed by atoms with Gasteiger partial charge in [0.05, 0.1) is 12.9 Å². The molecule has 0 aliphatic rings. The van der Waals surface area contributed by atoms with Gasteiger partial charge in [0, 0.05) is 20.6 Å². The fraction of sp³-hybridized carbons (Fsp3) is 0.818. The van der Waals surface area contributed by atoms with E-state index in [0.717, 1.165) is 23.8 Å². The first kappa shape index (κ1) is 16.6. The highest BCUT2D eigenvalue weighted by Crippen LogP contribution is 2.16. The van der Waals surface area contributed by atoms with Crippen LogP contribution < -0.4 is 0 Å². The normalized spacial score (nSPS) is 14.0. The Bertz CT molecular complexity index is 341. The first-order valence-corrected chi connectivity index (χ1v) is 7.23. The Kier molecular flexibility index (Phi) is 7.61. The van der Waals surface area contributed by atoms with E-state index >= 15 is 0 Å². The minimum Gasteiger partial charge on any atom is -0.356 e. The fourth-order valence-electron chi connectivity index (χ4n) is 1.36. The Hall–Kier alpha value is -0.430. The Labute approximate surface area is 104 Å². The smallest absolute Gasteiger partial charge is 0.264 e. The second-order valence-corrected chi connectivity index (χ2v) is 5.45. The molecular formula is C11H22O5S. The molecule has 0 heterocycles. The molecule has 0 N–H and O–H groups in total. The fourth-order valence-corrected chi connectivity index (χ4v) is 1.72. The standard InChI is InChI=1S/C11H22O5S/c1-6-10(8-16-17(5,12)13)9(2)7-11(14-3)15-4/h11H,6-8H2,1-5H3/b10-9-. The molecule has 5 nitrogen and oxygen atoms in total. The van der Waals surface area contributed by atoms with Crippen LogP contribution in [0.5, 0.6) is 0 Å². The summed E-state index contributed by atoms with van der Waals surface area (Å²) in [4.78, 5) is 0. The Morgan fingerprint density at radius 2 is 1.76 bits per heavy atom. The summed E-state index contributed by atoms with van der Waals surface area (Å²) in [7, 11) is -0.260. The molecule has 0 fully saturated rings.